The van der Waals surface area contributed by atoms with Gasteiger partial charge in [-0.05, 0) is 37.1 Å². The average Bonchev–Trinajstić information content (AvgIpc) is 2.45. The Labute approximate surface area is 125 Å². The Morgan fingerprint density at radius 1 is 1.33 bits per heavy atom. The van der Waals surface area contributed by atoms with Crippen LogP contribution in [0.3, 0.4) is 0 Å². The summed E-state index contributed by atoms with van der Waals surface area (Å²) in [5, 5.41) is 0. The molecule has 0 unspecified atom stereocenters. The third-order valence-corrected chi connectivity index (χ3v) is 4.28. The molecule has 0 aliphatic heterocycles. The van der Waals surface area contributed by atoms with Gasteiger partial charge >= 0.3 is 5.97 Å². The van der Waals surface area contributed by atoms with E-state index in [1.54, 1.807) is 20.8 Å². The van der Waals surface area contributed by atoms with E-state index in [2.05, 4.69) is 10.6 Å². The maximum Gasteiger partial charge on any atom is 0.324 e. The van der Waals surface area contributed by atoms with Crippen LogP contribution in [0.1, 0.15) is 26.3 Å². The molecule has 1 N–H and O–H groups in total. The second-order valence-corrected chi connectivity index (χ2v) is 6.48. The van der Waals surface area contributed by atoms with Crippen molar-refractivity contribution in [2.24, 2.45) is 5.92 Å². The first-order valence-corrected chi connectivity index (χ1v) is 8.05. The van der Waals surface area contributed by atoms with Gasteiger partial charge in [-0.1, -0.05) is 19.8 Å². The van der Waals surface area contributed by atoms with E-state index in [1.807, 2.05) is 0 Å². The number of hydrogen-bond acceptors (Lipinski definition) is 4. The van der Waals surface area contributed by atoms with Crippen LogP contribution in [0.25, 0.3) is 0 Å². The molecule has 1 aromatic carbocycles. The number of benzene rings is 1. The molecule has 0 heterocycles. The highest BCUT2D eigenvalue weighted by Gasteiger charge is 2.29. The Morgan fingerprint density at radius 2 is 1.90 bits per heavy atom. The van der Waals surface area contributed by atoms with Gasteiger partial charge in [-0.25, -0.2) is 8.42 Å². The van der Waals surface area contributed by atoms with Gasteiger partial charge in [0.25, 0.3) is 0 Å². The van der Waals surface area contributed by atoms with Crippen molar-refractivity contribution in [1.82, 2.24) is 4.72 Å². The highest BCUT2D eigenvalue weighted by Crippen LogP contribution is 2.13. The molecule has 21 heavy (non-hydrogen) atoms. The summed E-state index contributed by atoms with van der Waals surface area (Å²) in [6.07, 6.45) is 5.23. The summed E-state index contributed by atoms with van der Waals surface area (Å²) in [6.45, 7) is 5.35. The second-order valence-electron chi connectivity index (χ2n) is 4.76. The Balaban J connectivity index is 3.00. The highest BCUT2D eigenvalue weighted by molar-refractivity contribution is 7.89. The molecule has 0 aromatic heterocycles. The summed E-state index contributed by atoms with van der Waals surface area (Å²) in [4.78, 5) is 11.9. The zero-order chi connectivity index (χ0) is 16.0. The monoisotopic (exact) mass is 309 g/mol. The van der Waals surface area contributed by atoms with Crippen LogP contribution in [0.4, 0.5) is 0 Å². The fourth-order valence-electron chi connectivity index (χ4n) is 1.65. The SMILES string of the molecule is C#Cc1ccc(S(=O)(=O)N[C@H](C(=O)OCC)C(C)C)cc1. The lowest BCUT2D eigenvalue weighted by atomic mass is 10.1. The third-order valence-electron chi connectivity index (χ3n) is 2.82. The van der Waals surface area contributed by atoms with Gasteiger partial charge in [-0.2, -0.15) is 4.72 Å². The van der Waals surface area contributed by atoms with Crippen molar-refractivity contribution >= 4 is 16.0 Å². The molecular weight excluding hydrogens is 290 g/mol. The van der Waals surface area contributed by atoms with Gasteiger partial charge in [0, 0.05) is 5.56 Å². The van der Waals surface area contributed by atoms with Crippen LogP contribution in [0, 0.1) is 18.3 Å². The van der Waals surface area contributed by atoms with Crippen LogP contribution < -0.4 is 4.72 Å². The van der Waals surface area contributed by atoms with Crippen LogP contribution in [-0.4, -0.2) is 27.0 Å². The minimum absolute atomic E-state index is 0.0523. The fraction of sp³-hybridized carbons (Fsp3) is 0.400. The molecule has 0 spiro atoms. The Bertz CT molecular complexity index is 627. The van der Waals surface area contributed by atoms with Gasteiger partial charge in [0.2, 0.25) is 10.0 Å². The maximum atomic E-state index is 12.3. The minimum atomic E-state index is -3.81. The lowest BCUT2D eigenvalue weighted by molar-refractivity contribution is -0.146. The molecule has 0 saturated heterocycles. The molecule has 0 aliphatic carbocycles. The van der Waals surface area contributed by atoms with E-state index in [0.29, 0.717) is 5.56 Å². The van der Waals surface area contributed by atoms with E-state index < -0.39 is 22.0 Å². The Kier molecular flexibility index (Phi) is 5.94. The number of carbonyl (C=O) groups excluding carboxylic acids is 1. The average molecular weight is 309 g/mol. The van der Waals surface area contributed by atoms with Crippen molar-refractivity contribution in [1.29, 1.82) is 0 Å². The van der Waals surface area contributed by atoms with Gasteiger partial charge < -0.3 is 4.74 Å². The summed E-state index contributed by atoms with van der Waals surface area (Å²) in [7, 11) is -3.81. The lowest BCUT2D eigenvalue weighted by Gasteiger charge is -2.20. The van der Waals surface area contributed by atoms with Crippen LogP contribution in [0.5, 0.6) is 0 Å². The third kappa shape index (κ3) is 4.59. The smallest absolute Gasteiger partial charge is 0.324 e. The van der Waals surface area contributed by atoms with Gasteiger partial charge in [0.15, 0.2) is 0 Å². The molecule has 6 heteroatoms. The summed E-state index contributed by atoms with van der Waals surface area (Å²) < 4.78 is 31.8. The van der Waals surface area contributed by atoms with E-state index in [4.69, 9.17) is 11.2 Å². The van der Waals surface area contributed by atoms with Crippen molar-refractivity contribution in [2.45, 2.75) is 31.7 Å². The molecule has 1 aromatic rings. The number of carbonyl (C=O) groups is 1. The summed E-state index contributed by atoms with van der Waals surface area (Å²) in [6, 6.07) is 4.94. The van der Waals surface area contributed by atoms with E-state index in [0.717, 1.165) is 0 Å². The molecule has 1 rings (SSSR count). The molecule has 0 aliphatic rings. The van der Waals surface area contributed by atoms with Crippen LogP contribution in [-0.2, 0) is 19.6 Å². The number of terminal acetylenes is 1. The molecule has 0 radical (unpaired) electrons. The summed E-state index contributed by atoms with van der Waals surface area (Å²) in [5.41, 5.74) is 0.583. The minimum Gasteiger partial charge on any atom is -0.465 e. The molecule has 114 valence electrons. The van der Waals surface area contributed by atoms with Crippen LogP contribution >= 0.6 is 0 Å². The first-order chi connectivity index (χ1) is 9.81. The topological polar surface area (TPSA) is 72.5 Å². The van der Waals surface area contributed by atoms with E-state index in [9.17, 15) is 13.2 Å². The number of hydrogen-bond donors (Lipinski definition) is 1. The van der Waals surface area contributed by atoms with Crippen molar-refractivity contribution in [3.63, 3.8) is 0 Å². The van der Waals surface area contributed by atoms with Crippen LogP contribution in [0.15, 0.2) is 29.2 Å². The van der Waals surface area contributed by atoms with E-state index in [-0.39, 0.29) is 17.4 Å². The number of rotatable bonds is 6. The molecule has 0 saturated carbocycles. The van der Waals surface area contributed by atoms with Crippen molar-refractivity contribution < 1.29 is 17.9 Å². The van der Waals surface area contributed by atoms with E-state index >= 15 is 0 Å². The highest BCUT2D eigenvalue weighted by atomic mass is 32.2. The van der Waals surface area contributed by atoms with E-state index in [1.165, 1.54) is 24.3 Å². The predicted octanol–water partition coefficient (Wildman–Crippen LogP) is 1.53. The number of sulfonamides is 1. The van der Waals surface area contributed by atoms with Gasteiger partial charge in [0.05, 0.1) is 11.5 Å². The predicted molar refractivity (Wildman–Crippen MR) is 80.0 cm³/mol. The van der Waals surface area contributed by atoms with Gasteiger partial charge in [-0.15, -0.1) is 6.42 Å². The Hall–Kier alpha value is -1.84. The lowest BCUT2D eigenvalue weighted by Crippen LogP contribution is -2.45. The second kappa shape index (κ2) is 7.25. The number of nitrogens with one attached hydrogen (secondary N) is 1. The normalized spacial score (nSPS) is 12.7. The Morgan fingerprint density at radius 3 is 2.33 bits per heavy atom. The largest absolute Gasteiger partial charge is 0.465 e. The molecule has 1 atom stereocenters. The molecule has 0 amide bonds. The number of esters is 1. The first-order valence-electron chi connectivity index (χ1n) is 6.57. The molecular formula is C15H19NO4S. The summed E-state index contributed by atoms with van der Waals surface area (Å²) in [5.74, 6) is 1.59. The summed E-state index contributed by atoms with van der Waals surface area (Å²) >= 11 is 0. The number of ether oxygens (including phenoxy) is 1. The van der Waals surface area contributed by atoms with Gasteiger partial charge in [0.1, 0.15) is 6.04 Å². The van der Waals surface area contributed by atoms with Crippen molar-refractivity contribution in [3.8, 4) is 12.3 Å². The zero-order valence-electron chi connectivity index (χ0n) is 12.3. The molecule has 5 nitrogen and oxygen atoms in total. The van der Waals surface area contributed by atoms with Crippen molar-refractivity contribution in [2.75, 3.05) is 6.61 Å². The van der Waals surface area contributed by atoms with Crippen molar-refractivity contribution in [3.05, 3.63) is 29.8 Å². The zero-order valence-corrected chi connectivity index (χ0v) is 13.1. The van der Waals surface area contributed by atoms with Crippen LogP contribution in [0.2, 0.25) is 0 Å². The quantitative estimate of drug-likeness (QED) is 0.639. The fourth-order valence-corrected chi connectivity index (χ4v) is 2.99. The van der Waals surface area contributed by atoms with Gasteiger partial charge in [-0.3, -0.25) is 4.79 Å². The maximum absolute atomic E-state index is 12.3. The standard InChI is InChI=1S/C15H19NO4S/c1-5-12-7-9-13(10-8-12)21(18,19)16-14(11(3)4)15(17)20-6-2/h1,7-11,14,16H,6H2,2-4H3/t14-/m0/s1. The molecule has 0 fully saturated rings. The molecule has 0 bridgehead atoms. The first kappa shape index (κ1) is 17.2.